The van der Waals surface area contributed by atoms with E-state index in [9.17, 15) is 14.0 Å². The summed E-state index contributed by atoms with van der Waals surface area (Å²) < 4.78 is 23.4. The number of amides is 3. The van der Waals surface area contributed by atoms with E-state index in [1.165, 1.54) is 12.1 Å². The van der Waals surface area contributed by atoms with Crippen molar-refractivity contribution in [2.75, 3.05) is 13.3 Å². The predicted molar refractivity (Wildman–Crippen MR) is 110 cm³/mol. The molecule has 3 amide bonds. The minimum absolute atomic E-state index is 0.205. The highest BCUT2D eigenvalue weighted by Gasteiger charge is 2.13. The molecule has 11 heteroatoms. The van der Waals surface area contributed by atoms with Gasteiger partial charge in [0.25, 0.3) is 5.91 Å². The quantitative estimate of drug-likeness (QED) is 0.342. The first-order valence-electron chi connectivity index (χ1n) is 8.97. The van der Waals surface area contributed by atoms with Crippen molar-refractivity contribution in [2.24, 2.45) is 0 Å². The van der Waals surface area contributed by atoms with Crippen molar-refractivity contribution >= 4 is 29.3 Å². The fraction of sp³-hybridized carbons (Fsp3) is 0.211. The van der Waals surface area contributed by atoms with Crippen LogP contribution in [0.1, 0.15) is 11.1 Å². The number of fused-ring (bicyclic) bond motifs is 1. The molecule has 1 heterocycles. The van der Waals surface area contributed by atoms with Crippen LogP contribution in [0.3, 0.4) is 0 Å². The van der Waals surface area contributed by atoms with Gasteiger partial charge in [-0.1, -0.05) is 18.2 Å². The third-order valence-corrected chi connectivity index (χ3v) is 4.23. The minimum atomic E-state index is -0.530. The number of ether oxygens (including phenoxy) is 2. The lowest BCUT2D eigenvalue weighted by Gasteiger charge is -2.12. The van der Waals surface area contributed by atoms with Crippen molar-refractivity contribution in [3.05, 3.63) is 59.4 Å². The molecule has 0 bridgehead atoms. The molecule has 1 aliphatic heterocycles. The second-order valence-electron chi connectivity index (χ2n) is 6.21. The first kappa shape index (κ1) is 21.1. The third-order valence-electron chi connectivity index (χ3n) is 3.98. The van der Waals surface area contributed by atoms with Crippen LogP contribution in [0.4, 0.5) is 9.18 Å². The van der Waals surface area contributed by atoms with E-state index in [0.717, 1.165) is 11.1 Å². The molecule has 2 aromatic rings. The Bertz CT molecular complexity index is 926. The molecule has 0 aromatic heterocycles. The van der Waals surface area contributed by atoms with Gasteiger partial charge in [-0.05, 0) is 47.6 Å². The number of benzene rings is 2. The number of rotatable bonds is 6. The van der Waals surface area contributed by atoms with Crippen LogP contribution in [0.2, 0.25) is 0 Å². The predicted octanol–water partition coefficient (Wildman–Crippen LogP) is 1.05. The van der Waals surface area contributed by atoms with E-state index in [1.807, 2.05) is 18.2 Å². The molecular weight excluding hydrogens is 413 g/mol. The molecule has 0 atom stereocenters. The number of thiocarbonyl (C=S) groups is 1. The van der Waals surface area contributed by atoms with Crippen LogP contribution in [0, 0.1) is 5.82 Å². The van der Waals surface area contributed by atoms with Gasteiger partial charge in [-0.3, -0.25) is 15.6 Å². The molecule has 0 radical (unpaired) electrons. The average Bonchev–Trinajstić information content (AvgIpc) is 3.22. The summed E-state index contributed by atoms with van der Waals surface area (Å²) in [6.07, 6.45) is 0. The Morgan fingerprint density at radius 2 is 1.60 bits per heavy atom. The number of nitrogens with one attached hydrogen (secondary N) is 5. The van der Waals surface area contributed by atoms with Crippen LogP contribution in [-0.4, -0.2) is 30.4 Å². The van der Waals surface area contributed by atoms with Gasteiger partial charge < -0.3 is 25.4 Å². The van der Waals surface area contributed by atoms with E-state index >= 15 is 0 Å². The number of hydrogen-bond donors (Lipinski definition) is 5. The highest BCUT2D eigenvalue weighted by molar-refractivity contribution is 7.80. The number of carbonyl (C=O) groups excluding carboxylic acids is 2. The number of carbonyl (C=O) groups is 2. The lowest BCUT2D eigenvalue weighted by atomic mass is 10.2. The lowest BCUT2D eigenvalue weighted by Crippen LogP contribution is -2.50. The summed E-state index contributed by atoms with van der Waals surface area (Å²) in [4.78, 5) is 23.5. The maximum absolute atomic E-state index is 12.8. The lowest BCUT2D eigenvalue weighted by molar-refractivity contribution is -0.120. The van der Waals surface area contributed by atoms with E-state index in [2.05, 4.69) is 26.8 Å². The van der Waals surface area contributed by atoms with E-state index in [-0.39, 0.29) is 30.8 Å². The first-order valence-corrected chi connectivity index (χ1v) is 9.38. The smallest absolute Gasteiger partial charge is 0.315 e. The van der Waals surface area contributed by atoms with Crippen molar-refractivity contribution in [2.45, 2.75) is 13.1 Å². The Morgan fingerprint density at radius 3 is 2.40 bits per heavy atom. The second kappa shape index (κ2) is 10.3. The maximum atomic E-state index is 12.8. The van der Waals surface area contributed by atoms with Crippen LogP contribution in [0.5, 0.6) is 11.5 Å². The van der Waals surface area contributed by atoms with Crippen molar-refractivity contribution < 1.29 is 23.5 Å². The van der Waals surface area contributed by atoms with Gasteiger partial charge in [0.15, 0.2) is 16.6 Å². The molecule has 1 aliphatic rings. The topological polar surface area (TPSA) is 113 Å². The zero-order chi connectivity index (χ0) is 21.3. The average molecular weight is 433 g/mol. The molecule has 30 heavy (non-hydrogen) atoms. The molecule has 0 spiro atoms. The van der Waals surface area contributed by atoms with Crippen molar-refractivity contribution in [3.8, 4) is 11.5 Å². The molecule has 0 saturated heterocycles. The largest absolute Gasteiger partial charge is 0.454 e. The van der Waals surface area contributed by atoms with Crippen molar-refractivity contribution in [1.29, 1.82) is 0 Å². The standard InChI is InChI=1S/C19H20FN5O4S/c20-14-4-1-12(2-5-14)8-21-18(27)22-10-17(26)24-25-19(30)23-9-13-3-6-15-16(7-13)29-11-28-15/h1-7H,8-11H2,(H,24,26)(H2,21,22,27)(H2,23,25,30). The highest BCUT2D eigenvalue weighted by Crippen LogP contribution is 2.32. The van der Waals surface area contributed by atoms with E-state index < -0.39 is 11.9 Å². The molecule has 2 aromatic carbocycles. The third kappa shape index (κ3) is 6.48. The Hall–Kier alpha value is -3.60. The summed E-state index contributed by atoms with van der Waals surface area (Å²) in [6, 6.07) is 10.7. The van der Waals surface area contributed by atoms with Gasteiger partial charge in [-0.25, -0.2) is 9.18 Å². The van der Waals surface area contributed by atoms with Gasteiger partial charge in [0.05, 0.1) is 0 Å². The molecule has 158 valence electrons. The zero-order valence-electron chi connectivity index (χ0n) is 15.8. The van der Waals surface area contributed by atoms with Crippen molar-refractivity contribution in [1.82, 2.24) is 26.8 Å². The highest BCUT2D eigenvalue weighted by atomic mass is 32.1. The Morgan fingerprint density at radius 1 is 0.900 bits per heavy atom. The first-order chi connectivity index (χ1) is 14.5. The Labute approximate surface area is 177 Å². The molecule has 0 saturated carbocycles. The minimum Gasteiger partial charge on any atom is -0.454 e. The van der Waals surface area contributed by atoms with Crippen molar-refractivity contribution in [3.63, 3.8) is 0 Å². The summed E-state index contributed by atoms with van der Waals surface area (Å²) >= 11 is 5.09. The molecule has 0 aliphatic carbocycles. The molecule has 3 rings (SSSR count). The molecule has 0 fully saturated rings. The molecular formula is C19H20FN5O4S. The Balaban J connectivity index is 1.28. The summed E-state index contributed by atoms with van der Waals surface area (Å²) in [7, 11) is 0. The van der Waals surface area contributed by atoms with Gasteiger partial charge in [0.2, 0.25) is 6.79 Å². The van der Waals surface area contributed by atoms with Gasteiger partial charge >= 0.3 is 6.03 Å². The maximum Gasteiger partial charge on any atom is 0.315 e. The van der Waals surface area contributed by atoms with E-state index in [1.54, 1.807) is 12.1 Å². The van der Waals surface area contributed by atoms with E-state index in [0.29, 0.717) is 18.0 Å². The zero-order valence-corrected chi connectivity index (χ0v) is 16.6. The summed E-state index contributed by atoms with van der Waals surface area (Å²) in [5, 5.41) is 8.11. The molecule has 5 N–H and O–H groups in total. The fourth-order valence-electron chi connectivity index (χ4n) is 2.46. The summed E-state index contributed by atoms with van der Waals surface area (Å²) in [6.45, 7) is 0.575. The number of hydrogen-bond acceptors (Lipinski definition) is 5. The monoisotopic (exact) mass is 433 g/mol. The van der Waals surface area contributed by atoms with Crippen LogP contribution in [0.15, 0.2) is 42.5 Å². The summed E-state index contributed by atoms with van der Waals surface area (Å²) in [5.41, 5.74) is 6.58. The number of halogens is 1. The van der Waals surface area contributed by atoms with Crippen LogP contribution >= 0.6 is 12.2 Å². The SMILES string of the molecule is O=C(CNC(=O)NCc1ccc(F)cc1)NNC(=S)NCc1ccc2c(c1)OCO2. The van der Waals surface area contributed by atoms with Crippen LogP contribution in [0.25, 0.3) is 0 Å². The van der Waals surface area contributed by atoms with E-state index in [4.69, 9.17) is 21.7 Å². The van der Waals surface area contributed by atoms with Gasteiger partial charge in [-0.15, -0.1) is 0 Å². The number of hydrazine groups is 1. The van der Waals surface area contributed by atoms with Gasteiger partial charge in [0, 0.05) is 13.1 Å². The molecule has 9 nitrogen and oxygen atoms in total. The van der Waals surface area contributed by atoms with Gasteiger partial charge in [-0.2, -0.15) is 0 Å². The van der Waals surface area contributed by atoms with Crippen LogP contribution in [-0.2, 0) is 17.9 Å². The summed E-state index contributed by atoms with van der Waals surface area (Å²) in [5.74, 6) is 0.529. The number of urea groups is 1. The normalized spacial score (nSPS) is 11.4. The van der Waals surface area contributed by atoms with Gasteiger partial charge in [0.1, 0.15) is 12.4 Å². The fourth-order valence-corrected chi connectivity index (χ4v) is 2.58. The molecule has 0 unspecified atom stereocenters. The van der Waals surface area contributed by atoms with Crippen LogP contribution < -0.4 is 36.3 Å². The Kier molecular flexibility index (Phi) is 7.22. The second-order valence-corrected chi connectivity index (χ2v) is 6.61.